The van der Waals surface area contributed by atoms with Crippen molar-refractivity contribution >= 4 is 17.6 Å². The molecule has 0 atom stereocenters. The van der Waals surface area contributed by atoms with E-state index in [1.165, 1.54) is 12.1 Å². The Kier molecular flexibility index (Phi) is 4.94. The van der Waals surface area contributed by atoms with Gasteiger partial charge in [0.25, 0.3) is 0 Å². The van der Waals surface area contributed by atoms with E-state index in [1.54, 1.807) is 5.32 Å². The molecular formula is C16H14F3NO3. The molecule has 1 amide bonds. The lowest BCUT2D eigenvalue weighted by atomic mass is 10.1. The zero-order chi connectivity index (χ0) is 17.0. The number of carbonyl (C=O) groups excluding carboxylic acids is 1. The predicted octanol–water partition coefficient (Wildman–Crippen LogP) is 3.43. The van der Waals surface area contributed by atoms with Gasteiger partial charge in [0.15, 0.2) is 0 Å². The van der Waals surface area contributed by atoms with Crippen LogP contribution in [0.3, 0.4) is 0 Å². The summed E-state index contributed by atoms with van der Waals surface area (Å²) in [6.07, 6.45) is -1.06. The summed E-state index contributed by atoms with van der Waals surface area (Å²) >= 11 is 0. The van der Waals surface area contributed by atoms with Crippen LogP contribution in [-0.2, 0) is 4.79 Å². The molecule has 0 aliphatic heterocycles. The largest absolute Gasteiger partial charge is 0.478 e. The van der Waals surface area contributed by atoms with Gasteiger partial charge in [-0.1, -0.05) is 24.7 Å². The van der Waals surface area contributed by atoms with Crippen molar-refractivity contribution in [3.8, 4) is 11.8 Å². The number of benzene rings is 1. The first-order valence-corrected chi connectivity index (χ1v) is 7.04. The lowest BCUT2D eigenvalue weighted by Gasteiger charge is -2.10. The Bertz CT molecular complexity index is 680. The zero-order valence-corrected chi connectivity index (χ0v) is 12.0. The molecule has 0 bridgehead atoms. The molecule has 1 aromatic carbocycles. The van der Waals surface area contributed by atoms with Crippen LogP contribution in [-0.4, -0.2) is 23.2 Å². The Labute approximate surface area is 130 Å². The van der Waals surface area contributed by atoms with Gasteiger partial charge in [-0.05, 0) is 31.0 Å². The molecule has 122 valence electrons. The highest BCUT2D eigenvalue weighted by atomic mass is 19.4. The Hall–Kier alpha value is -2.49. The highest BCUT2D eigenvalue weighted by Crippen LogP contribution is 2.25. The number of alkyl halides is 3. The second-order valence-electron chi connectivity index (χ2n) is 5.27. The Morgan fingerprint density at radius 2 is 1.87 bits per heavy atom. The smallest absolute Gasteiger partial charge is 0.471 e. The van der Waals surface area contributed by atoms with E-state index in [-0.39, 0.29) is 22.7 Å². The molecule has 2 rings (SSSR count). The van der Waals surface area contributed by atoms with Gasteiger partial charge in [0.1, 0.15) is 0 Å². The minimum atomic E-state index is -5.06. The molecule has 0 unspecified atom stereocenters. The average molecular weight is 325 g/mol. The molecular weight excluding hydrogens is 311 g/mol. The standard InChI is InChI=1S/C16H14F3NO3/c17-16(18,19)15(23)20-13-9-12(14(21)22)8-7-11(13)6-5-10-3-1-2-4-10/h7-10H,1-4H2,(H,20,23)(H,21,22). The van der Waals surface area contributed by atoms with Crippen molar-refractivity contribution in [3.63, 3.8) is 0 Å². The van der Waals surface area contributed by atoms with E-state index in [1.807, 2.05) is 0 Å². The molecule has 1 saturated carbocycles. The first-order valence-electron chi connectivity index (χ1n) is 7.04. The molecule has 0 aromatic heterocycles. The normalized spacial score (nSPS) is 14.9. The number of aromatic carboxylic acids is 1. The Morgan fingerprint density at radius 3 is 2.43 bits per heavy atom. The van der Waals surface area contributed by atoms with Crippen molar-refractivity contribution in [2.75, 3.05) is 5.32 Å². The van der Waals surface area contributed by atoms with E-state index in [9.17, 15) is 22.8 Å². The van der Waals surface area contributed by atoms with Crippen molar-refractivity contribution < 1.29 is 27.9 Å². The minimum absolute atomic E-state index is 0.166. The fourth-order valence-electron chi connectivity index (χ4n) is 2.33. The summed E-state index contributed by atoms with van der Waals surface area (Å²) in [5.74, 6) is 2.44. The van der Waals surface area contributed by atoms with Gasteiger partial charge in [-0.2, -0.15) is 13.2 Å². The van der Waals surface area contributed by atoms with Crippen molar-refractivity contribution in [1.29, 1.82) is 0 Å². The summed E-state index contributed by atoms with van der Waals surface area (Å²) in [6.45, 7) is 0. The van der Waals surface area contributed by atoms with E-state index >= 15 is 0 Å². The van der Waals surface area contributed by atoms with Gasteiger partial charge in [-0.3, -0.25) is 4.79 Å². The summed E-state index contributed by atoms with van der Waals surface area (Å²) in [5, 5.41) is 10.6. The highest BCUT2D eigenvalue weighted by Gasteiger charge is 2.39. The Balaban J connectivity index is 2.32. The number of rotatable bonds is 2. The molecule has 0 radical (unpaired) electrons. The van der Waals surface area contributed by atoms with Crippen molar-refractivity contribution in [1.82, 2.24) is 0 Å². The molecule has 7 heteroatoms. The maximum Gasteiger partial charge on any atom is 0.471 e. The molecule has 1 aliphatic rings. The molecule has 0 heterocycles. The maximum atomic E-state index is 12.4. The fourth-order valence-corrected chi connectivity index (χ4v) is 2.33. The molecule has 1 aliphatic carbocycles. The van der Waals surface area contributed by atoms with Gasteiger partial charge in [0.2, 0.25) is 0 Å². The van der Waals surface area contributed by atoms with Crippen LogP contribution in [0, 0.1) is 17.8 Å². The monoisotopic (exact) mass is 325 g/mol. The maximum absolute atomic E-state index is 12.4. The zero-order valence-electron chi connectivity index (χ0n) is 12.0. The quantitative estimate of drug-likeness (QED) is 0.819. The van der Waals surface area contributed by atoms with Crippen molar-refractivity contribution in [2.24, 2.45) is 5.92 Å². The van der Waals surface area contributed by atoms with E-state index in [2.05, 4.69) is 11.8 Å². The van der Waals surface area contributed by atoms with Crippen LogP contribution in [0.1, 0.15) is 41.6 Å². The lowest BCUT2D eigenvalue weighted by Crippen LogP contribution is -2.30. The highest BCUT2D eigenvalue weighted by molar-refractivity contribution is 5.98. The summed E-state index contributed by atoms with van der Waals surface area (Å²) in [5.41, 5.74) is -0.314. The van der Waals surface area contributed by atoms with Gasteiger partial charge in [-0.25, -0.2) is 4.79 Å². The first kappa shape index (κ1) is 16.9. The third-order valence-electron chi connectivity index (χ3n) is 3.54. The van der Waals surface area contributed by atoms with Gasteiger partial charge in [0.05, 0.1) is 11.3 Å². The van der Waals surface area contributed by atoms with Gasteiger partial charge < -0.3 is 10.4 Å². The summed E-state index contributed by atoms with van der Waals surface area (Å²) in [6, 6.07) is 3.52. The SMILES string of the molecule is O=C(O)c1ccc(C#CC2CCCC2)c(NC(=O)C(F)(F)F)c1. The number of carboxylic acid groups (broad SMARTS) is 1. The molecule has 0 spiro atoms. The summed E-state index contributed by atoms with van der Waals surface area (Å²) < 4.78 is 37.2. The van der Waals surface area contributed by atoms with Crippen LogP contribution in [0.5, 0.6) is 0 Å². The molecule has 23 heavy (non-hydrogen) atoms. The predicted molar refractivity (Wildman–Crippen MR) is 76.9 cm³/mol. The van der Waals surface area contributed by atoms with Gasteiger partial charge in [-0.15, -0.1) is 0 Å². The molecule has 1 aromatic rings. The number of amides is 1. The van der Waals surface area contributed by atoms with E-state index < -0.39 is 18.1 Å². The lowest BCUT2D eigenvalue weighted by molar-refractivity contribution is -0.167. The summed E-state index contributed by atoms with van der Waals surface area (Å²) in [7, 11) is 0. The minimum Gasteiger partial charge on any atom is -0.478 e. The number of carboxylic acids is 1. The van der Waals surface area contributed by atoms with Crippen LogP contribution in [0.2, 0.25) is 0 Å². The second-order valence-corrected chi connectivity index (χ2v) is 5.27. The first-order chi connectivity index (χ1) is 10.8. The van der Waals surface area contributed by atoms with Crippen molar-refractivity contribution in [2.45, 2.75) is 31.9 Å². The fraction of sp³-hybridized carbons (Fsp3) is 0.375. The molecule has 1 fully saturated rings. The summed E-state index contributed by atoms with van der Waals surface area (Å²) in [4.78, 5) is 22.0. The number of halogens is 3. The van der Waals surface area contributed by atoms with Gasteiger partial charge >= 0.3 is 18.1 Å². The van der Waals surface area contributed by atoms with Crippen LogP contribution in [0.4, 0.5) is 18.9 Å². The number of nitrogens with one attached hydrogen (secondary N) is 1. The number of anilines is 1. The molecule has 0 saturated heterocycles. The van der Waals surface area contributed by atoms with E-state index in [0.29, 0.717) is 0 Å². The van der Waals surface area contributed by atoms with Crippen LogP contribution in [0.15, 0.2) is 18.2 Å². The van der Waals surface area contributed by atoms with Crippen LogP contribution < -0.4 is 5.32 Å². The number of carbonyl (C=O) groups is 2. The Morgan fingerprint density at radius 1 is 1.22 bits per heavy atom. The van der Waals surface area contributed by atoms with Gasteiger partial charge in [0, 0.05) is 11.5 Å². The molecule has 4 nitrogen and oxygen atoms in total. The number of hydrogen-bond donors (Lipinski definition) is 2. The third-order valence-corrected chi connectivity index (χ3v) is 3.54. The van der Waals surface area contributed by atoms with Crippen LogP contribution in [0.25, 0.3) is 0 Å². The van der Waals surface area contributed by atoms with E-state index in [0.717, 1.165) is 31.7 Å². The van der Waals surface area contributed by atoms with Crippen molar-refractivity contribution in [3.05, 3.63) is 29.3 Å². The van der Waals surface area contributed by atoms with Crippen LogP contribution >= 0.6 is 0 Å². The number of hydrogen-bond acceptors (Lipinski definition) is 2. The average Bonchev–Trinajstić information content (AvgIpc) is 2.98. The topological polar surface area (TPSA) is 66.4 Å². The molecule has 2 N–H and O–H groups in total. The third kappa shape index (κ3) is 4.49. The van der Waals surface area contributed by atoms with E-state index in [4.69, 9.17) is 5.11 Å². The second kappa shape index (κ2) is 6.73.